The summed E-state index contributed by atoms with van der Waals surface area (Å²) in [4.78, 5) is 18.2. The summed E-state index contributed by atoms with van der Waals surface area (Å²) in [5, 5.41) is 4.84. The van der Waals surface area contributed by atoms with Gasteiger partial charge in [0, 0.05) is 28.2 Å². The molecule has 0 radical (unpaired) electrons. The molecule has 5 nitrogen and oxygen atoms in total. The SMILES string of the molecule is O=C(NCc1cc2cc(Cl)ccc2[nH]1)C1CCCN(Cc2ccco2)C1. The van der Waals surface area contributed by atoms with Crippen molar-refractivity contribution in [3.63, 3.8) is 0 Å². The minimum Gasteiger partial charge on any atom is -0.468 e. The molecule has 1 aliphatic rings. The van der Waals surface area contributed by atoms with Crippen LogP contribution in [-0.4, -0.2) is 28.9 Å². The minimum absolute atomic E-state index is 0.0255. The third kappa shape index (κ3) is 3.94. The first-order chi connectivity index (χ1) is 12.7. The zero-order valence-electron chi connectivity index (χ0n) is 14.5. The quantitative estimate of drug-likeness (QED) is 0.714. The third-order valence-corrected chi connectivity index (χ3v) is 5.16. The maximum absolute atomic E-state index is 12.6. The van der Waals surface area contributed by atoms with Crippen LogP contribution in [0, 0.1) is 5.92 Å². The zero-order valence-corrected chi connectivity index (χ0v) is 15.3. The number of halogens is 1. The molecule has 0 saturated carbocycles. The summed E-state index contributed by atoms with van der Waals surface area (Å²) in [5.41, 5.74) is 2.01. The summed E-state index contributed by atoms with van der Waals surface area (Å²) in [7, 11) is 0. The van der Waals surface area contributed by atoms with Crippen LogP contribution in [0.3, 0.4) is 0 Å². The number of carbonyl (C=O) groups excluding carboxylic acids is 1. The van der Waals surface area contributed by atoms with Crippen LogP contribution in [0.15, 0.2) is 47.1 Å². The number of nitrogens with one attached hydrogen (secondary N) is 2. The molecular weight excluding hydrogens is 350 g/mol. The molecule has 3 heterocycles. The normalized spacial score (nSPS) is 18.3. The van der Waals surface area contributed by atoms with Gasteiger partial charge in [-0.1, -0.05) is 11.6 Å². The minimum atomic E-state index is 0.0255. The Labute approximate surface area is 157 Å². The number of amides is 1. The van der Waals surface area contributed by atoms with Crippen molar-refractivity contribution < 1.29 is 9.21 Å². The Hall–Kier alpha value is -2.24. The number of nitrogens with zero attached hydrogens (tertiary/aromatic N) is 1. The highest BCUT2D eigenvalue weighted by Gasteiger charge is 2.26. The molecule has 1 atom stereocenters. The Balaban J connectivity index is 1.33. The van der Waals surface area contributed by atoms with Gasteiger partial charge in [-0.15, -0.1) is 0 Å². The fourth-order valence-electron chi connectivity index (χ4n) is 3.62. The highest BCUT2D eigenvalue weighted by atomic mass is 35.5. The van der Waals surface area contributed by atoms with Crippen LogP contribution < -0.4 is 5.32 Å². The average molecular weight is 372 g/mol. The number of H-pyrrole nitrogens is 1. The molecule has 4 rings (SSSR count). The highest BCUT2D eigenvalue weighted by Crippen LogP contribution is 2.21. The molecule has 26 heavy (non-hydrogen) atoms. The molecule has 0 bridgehead atoms. The van der Waals surface area contributed by atoms with Crippen LogP contribution in [-0.2, 0) is 17.9 Å². The van der Waals surface area contributed by atoms with Gasteiger partial charge in [-0.05, 0) is 55.8 Å². The number of aromatic amines is 1. The van der Waals surface area contributed by atoms with Crippen molar-refractivity contribution in [2.75, 3.05) is 13.1 Å². The fourth-order valence-corrected chi connectivity index (χ4v) is 3.80. The number of piperidine rings is 1. The van der Waals surface area contributed by atoms with Crippen molar-refractivity contribution in [2.45, 2.75) is 25.9 Å². The van der Waals surface area contributed by atoms with Crippen LogP contribution in [0.1, 0.15) is 24.3 Å². The van der Waals surface area contributed by atoms with Crippen molar-refractivity contribution in [3.8, 4) is 0 Å². The molecule has 1 amide bonds. The van der Waals surface area contributed by atoms with E-state index in [1.807, 2.05) is 36.4 Å². The summed E-state index contributed by atoms with van der Waals surface area (Å²) in [6.07, 6.45) is 3.66. The van der Waals surface area contributed by atoms with E-state index in [0.717, 1.165) is 54.8 Å². The van der Waals surface area contributed by atoms with E-state index in [9.17, 15) is 4.79 Å². The summed E-state index contributed by atoms with van der Waals surface area (Å²) < 4.78 is 5.42. The molecule has 0 spiro atoms. The van der Waals surface area contributed by atoms with E-state index < -0.39 is 0 Å². The van der Waals surface area contributed by atoms with Crippen LogP contribution in [0.5, 0.6) is 0 Å². The van der Waals surface area contributed by atoms with Gasteiger partial charge in [0.05, 0.1) is 25.3 Å². The smallest absolute Gasteiger partial charge is 0.224 e. The van der Waals surface area contributed by atoms with E-state index in [2.05, 4.69) is 15.2 Å². The van der Waals surface area contributed by atoms with E-state index >= 15 is 0 Å². The lowest BCUT2D eigenvalue weighted by molar-refractivity contribution is -0.127. The molecule has 0 aliphatic carbocycles. The number of furan rings is 1. The molecule has 1 aromatic carbocycles. The Morgan fingerprint density at radius 1 is 1.35 bits per heavy atom. The van der Waals surface area contributed by atoms with Crippen LogP contribution in [0.4, 0.5) is 0 Å². The van der Waals surface area contributed by atoms with Gasteiger partial charge in [-0.2, -0.15) is 0 Å². The molecule has 1 fully saturated rings. The summed E-state index contributed by atoms with van der Waals surface area (Å²) >= 11 is 6.03. The predicted molar refractivity (Wildman–Crippen MR) is 102 cm³/mol. The second-order valence-electron chi connectivity index (χ2n) is 6.90. The molecule has 2 aromatic heterocycles. The molecule has 1 unspecified atom stereocenters. The Bertz CT molecular complexity index is 888. The van der Waals surface area contributed by atoms with Crippen molar-refractivity contribution in [3.05, 3.63) is 59.1 Å². The van der Waals surface area contributed by atoms with Gasteiger partial charge in [0.1, 0.15) is 5.76 Å². The third-order valence-electron chi connectivity index (χ3n) is 4.93. The first-order valence-corrected chi connectivity index (χ1v) is 9.35. The monoisotopic (exact) mass is 371 g/mol. The maximum Gasteiger partial charge on any atom is 0.224 e. The van der Waals surface area contributed by atoms with Crippen molar-refractivity contribution in [1.82, 2.24) is 15.2 Å². The summed E-state index contributed by atoms with van der Waals surface area (Å²) in [6.45, 7) is 3.04. The summed E-state index contributed by atoms with van der Waals surface area (Å²) in [6, 6.07) is 11.6. The molecule has 6 heteroatoms. The second kappa shape index (κ2) is 7.56. The number of hydrogen-bond acceptors (Lipinski definition) is 3. The standard InChI is InChI=1S/C20H22ClN3O2/c21-16-5-6-19-15(9-16)10-17(23-19)11-22-20(25)14-3-1-7-24(12-14)13-18-4-2-8-26-18/h2,4-6,8-10,14,23H,1,3,7,11-13H2,(H,22,25). The highest BCUT2D eigenvalue weighted by molar-refractivity contribution is 6.31. The molecule has 136 valence electrons. The Kier molecular flexibility index (Phi) is 5.00. The van der Waals surface area contributed by atoms with E-state index in [4.69, 9.17) is 16.0 Å². The van der Waals surface area contributed by atoms with Crippen molar-refractivity contribution in [1.29, 1.82) is 0 Å². The van der Waals surface area contributed by atoms with Crippen LogP contribution >= 0.6 is 11.6 Å². The lowest BCUT2D eigenvalue weighted by Gasteiger charge is -2.31. The predicted octanol–water partition coefficient (Wildman–Crippen LogP) is 3.94. The molecule has 3 aromatic rings. The Morgan fingerprint density at radius 3 is 3.12 bits per heavy atom. The number of carbonyl (C=O) groups is 1. The second-order valence-corrected chi connectivity index (χ2v) is 7.33. The maximum atomic E-state index is 12.6. The van der Waals surface area contributed by atoms with E-state index in [-0.39, 0.29) is 11.8 Å². The first-order valence-electron chi connectivity index (χ1n) is 8.97. The van der Waals surface area contributed by atoms with Gasteiger partial charge >= 0.3 is 0 Å². The van der Waals surface area contributed by atoms with Crippen LogP contribution in [0.2, 0.25) is 5.02 Å². The van der Waals surface area contributed by atoms with E-state index in [1.165, 1.54) is 0 Å². The van der Waals surface area contributed by atoms with Gasteiger partial charge in [-0.25, -0.2) is 0 Å². The molecule has 1 saturated heterocycles. The molecule has 1 aliphatic heterocycles. The summed E-state index contributed by atoms with van der Waals surface area (Å²) in [5.74, 6) is 1.09. The van der Waals surface area contributed by atoms with Gasteiger partial charge < -0.3 is 14.7 Å². The van der Waals surface area contributed by atoms with Gasteiger partial charge in [0.2, 0.25) is 5.91 Å². The van der Waals surface area contributed by atoms with Crippen LogP contribution in [0.25, 0.3) is 10.9 Å². The number of fused-ring (bicyclic) bond motifs is 1. The first kappa shape index (κ1) is 17.2. The zero-order chi connectivity index (χ0) is 17.9. The van der Waals surface area contributed by atoms with Gasteiger partial charge in [0.25, 0.3) is 0 Å². The molecule has 2 N–H and O–H groups in total. The Morgan fingerprint density at radius 2 is 2.27 bits per heavy atom. The number of rotatable bonds is 5. The lowest BCUT2D eigenvalue weighted by Crippen LogP contribution is -2.42. The number of aromatic nitrogens is 1. The fraction of sp³-hybridized carbons (Fsp3) is 0.350. The number of hydrogen-bond donors (Lipinski definition) is 2. The van der Waals surface area contributed by atoms with Gasteiger partial charge in [-0.3, -0.25) is 9.69 Å². The largest absolute Gasteiger partial charge is 0.468 e. The van der Waals surface area contributed by atoms with E-state index in [0.29, 0.717) is 11.6 Å². The van der Waals surface area contributed by atoms with Crippen molar-refractivity contribution >= 4 is 28.4 Å². The topological polar surface area (TPSA) is 61.3 Å². The molecular formula is C20H22ClN3O2. The average Bonchev–Trinajstić information content (AvgIpc) is 3.28. The van der Waals surface area contributed by atoms with Crippen molar-refractivity contribution in [2.24, 2.45) is 5.92 Å². The number of benzene rings is 1. The van der Waals surface area contributed by atoms with E-state index in [1.54, 1.807) is 6.26 Å². The van der Waals surface area contributed by atoms with Gasteiger partial charge in [0.15, 0.2) is 0 Å². The lowest BCUT2D eigenvalue weighted by atomic mass is 9.97. The number of likely N-dealkylation sites (tertiary alicyclic amines) is 1.